The predicted octanol–water partition coefficient (Wildman–Crippen LogP) is 5.85. The summed E-state index contributed by atoms with van der Waals surface area (Å²) in [5.41, 5.74) is 8.70. The van der Waals surface area contributed by atoms with E-state index in [1.165, 1.54) is 46.2 Å². The molecule has 0 radical (unpaired) electrons. The maximum absolute atomic E-state index is 2.31. The van der Waals surface area contributed by atoms with Crippen LogP contribution in [0.4, 0.5) is 0 Å². The summed E-state index contributed by atoms with van der Waals surface area (Å²) in [5, 5.41) is 0. The number of benzene rings is 2. The van der Waals surface area contributed by atoms with E-state index < -0.39 is 0 Å². The lowest BCUT2D eigenvalue weighted by molar-refractivity contribution is 0.690. The van der Waals surface area contributed by atoms with Gasteiger partial charge in [-0.25, -0.2) is 0 Å². The Morgan fingerprint density at radius 2 is 1.20 bits per heavy atom. The van der Waals surface area contributed by atoms with E-state index in [0.29, 0.717) is 5.92 Å². The Morgan fingerprint density at radius 1 is 0.750 bits per heavy atom. The van der Waals surface area contributed by atoms with E-state index in [1.54, 1.807) is 0 Å². The maximum Gasteiger partial charge on any atom is 0.00946 e. The molecule has 2 aromatic carbocycles. The highest BCUT2D eigenvalue weighted by molar-refractivity contribution is 5.45. The van der Waals surface area contributed by atoms with Crippen LogP contribution in [0, 0.1) is 27.7 Å². The Morgan fingerprint density at radius 3 is 1.60 bits per heavy atom. The Balaban J connectivity index is 2.56. The molecule has 0 aromatic heterocycles. The summed E-state index contributed by atoms with van der Waals surface area (Å²) in [6.45, 7) is 11.2. The van der Waals surface area contributed by atoms with Crippen molar-refractivity contribution < 1.29 is 0 Å². The minimum absolute atomic E-state index is 0.528. The minimum atomic E-state index is 0.528. The molecule has 0 spiro atoms. The summed E-state index contributed by atoms with van der Waals surface area (Å²) in [5.74, 6) is 0.528. The first-order valence-corrected chi connectivity index (χ1v) is 7.68. The molecule has 0 aliphatic heterocycles. The van der Waals surface area contributed by atoms with Gasteiger partial charge in [-0.05, 0) is 67.5 Å². The fourth-order valence-corrected chi connectivity index (χ4v) is 3.07. The minimum Gasteiger partial charge on any atom is -0.0653 e. The normalized spacial score (nSPS) is 11.1. The van der Waals surface area contributed by atoms with Crippen LogP contribution in [0.1, 0.15) is 59.1 Å². The van der Waals surface area contributed by atoms with Crippen LogP contribution in [0.15, 0.2) is 36.4 Å². The molecular weight excluding hydrogens is 240 g/mol. The van der Waals surface area contributed by atoms with Crippen molar-refractivity contribution in [3.8, 4) is 0 Å². The molecule has 0 amide bonds. The van der Waals surface area contributed by atoms with Gasteiger partial charge in [-0.3, -0.25) is 0 Å². The van der Waals surface area contributed by atoms with Crippen molar-refractivity contribution in [1.82, 2.24) is 0 Å². The van der Waals surface area contributed by atoms with Crippen molar-refractivity contribution in [3.63, 3.8) is 0 Å². The van der Waals surface area contributed by atoms with Crippen molar-refractivity contribution in [2.75, 3.05) is 0 Å². The van der Waals surface area contributed by atoms with Crippen LogP contribution in [0.3, 0.4) is 0 Å². The van der Waals surface area contributed by atoms with E-state index >= 15 is 0 Å². The number of hydrogen-bond donors (Lipinski definition) is 0. The van der Waals surface area contributed by atoms with Gasteiger partial charge in [0.1, 0.15) is 0 Å². The van der Waals surface area contributed by atoms with Crippen LogP contribution in [0.25, 0.3) is 0 Å². The summed E-state index contributed by atoms with van der Waals surface area (Å²) in [6.07, 6.45) is 2.43. The summed E-state index contributed by atoms with van der Waals surface area (Å²) in [7, 11) is 0. The second-order valence-electron chi connectivity index (χ2n) is 5.92. The van der Waals surface area contributed by atoms with E-state index in [0.717, 1.165) is 0 Å². The molecule has 0 bridgehead atoms. The first kappa shape index (κ1) is 14.8. The average Bonchev–Trinajstić information content (AvgIpc) is 2.43. The smallest absolute Gasteiger partial charge is 0.00946 e. The molecule has 2 aromatic rings. The van der Waals surface area contributed by atoms with Gasteiger partial charge in [0, 0.05) is 5.92 Å². The van der Waals surface area contributed by atoms with Gasteiger partial charge in [0.05, 0.1) is 0 Å². The highest BCUT2D eigenvalue weighted by Gasteiger charge is 2.18. The molecular formula is C20H26. The molecule has 0 unspecified atom stereocenters. The van der Waals surface area contributed by atoms with Gasteiger partial charge in [-0.1, -0.05) is 49.7 Å². The highest BCUT2D eigenvalue weighted by atomic mass is 14.2. The molecule has 0 heterocycles. The van der Waals surface area contributed by atoms with Gasteiger partial charge in [0.25, 0.3) is 0 Å². The molecule has 0 aliphatic rings. The molecule has 0 N–H and O–H groups in total. The third kappa shape index (κ3) is 2.80. The molecule has 20 heavy (non-hydrogen) atoms. The van der Waals surface area contributed by atoms with Gasteiger partial charge in [-0.15, -0.1) is 0 Å². The molecule has 0 heteroatoms. The average molecular weight is 266 g/mol. The zero-order valence-electron chi connectivity index (χ0n) is 13.5. The molecule has 0 fully saturated rings. The van der Waals surface area contributed by atoms with Crippen LogP contribution in [-0.2, 0) is 0 Å². The zero-order valence-corrected chi connectivity index (χ0v) is 13.5. The molecule has 2 rings (SSSR count). The van der Waals surface area contributed by atoms with Gasteiger partial charge in [-0.2, -0.15) is 0 Å². The Kier molecular flexibility index (Phi) is 4.65. The molecule has 0 saturated heterocycles. The van der Waals surface area contributed by atoms with Crippen molar-refractivity contribution in [1.29, 1.82) is 0 Å². The van der Waals surface area contributed by atoms with E-state index in [9.17, 15) is 0 Å². The Bertz CT molecular complexity index is 541. The van der Waals surface area contributed by atoms with Crippen molar-refractivity contribution >= 4 is 0 Å². The molecule has 0 nitrogen and oxygen atoms in total. The number of aryl methyl sites for hydroxylation is 2. The zero-order chi connectivity index (χ0) is 14.7. The summed E-state index contributed by atoms with van der Waals surface area (Å²) in [6, 6.07) is 13.4. The first-order valence-electron chi connectivity index (χ1n) is 7.68. The maximum atomic E-state index is 2.31. The lowest BCUT2D eigenvalue weighted by Crippen LogP contribution is -2.06. The highest BCUT2D eigenvalue weighted by Crippen LogP contribution is 2.34. The van der Waals surface area contributed by atoms with Gasteiger partial charge < -0.3 is 0 Å². The van der Waals surface area contributed by atoms with Gasteiger partial charge >= 0.3 is 0 Å². The summed E-state index contributed by atoms with van der Waals surface area (Å²) >= 11 is 0. The van der Waals surface area contributed by atoms with E-state index in [4.69, 9.17) is 0 Å². The van der Waals surface area contributed by atoms with Crippen molar-refractivity contribution in [2.24, 2.45) is 0 Å². The van der Waals surface area contributed by atoms with E-state index in [1.807, 2.05) is 0 Å². The largest absolute Gasteiger partial charge is 0.0653 e. The van der Waals surface area contributed by atoms with Crippen molar-refractivity contribution in [3.05, 3.63) is 69.8 Å². The topological polar surface area (TPSA) is 0 Å². The molecule has 0 atom stereocenters. The number of hydrogen-bond acceptors (Lipinski definition) is 0. The van der Waals surface area contributed by atoms with Crippen LogP contribution >= 0.6 is 0 Å². The Hall–Kier alpha value is -1.56. The first-order chi connectivity index (χ1) is 9.56. The molecule has 0 saturated carbocycles. The second kappa shape index (κ2) is 6.26. The van der Waals surface area contributed by atoms with E-state index in [2.05, 4.69) is 71.0 Å². The fourth-order valence-electron chi connectivity index (χ4n) is 3.07. The standard InChI is InChI=1S/C20H26/c1-6-9-20(18-12-7-10-14(2)16(18)4)19-13-8-11-15(3)17(19)5/h7-8,10-13,20H,6,9H2,1-5H3. The quantitative estimate of drug-likeness (QED) is 0.651. The van der Waals surface area contributed by atoms with Crippen LogP contribution in [0.2, 0.25) is 0 Å². The number of rotatable bonds is 4. The SMILES string of the molecule is CCCC(c1cccc(C)c1C)c1cccc(C)c1C. The van der Waals surface area contributed by atoms with Gasteiger partial charge in [0.15, 0.2) is 0 Å². The molecule has 106 valence electrons. The monoisotopic (exact) mass is 266 g/mol. The Labute approximate surface area is 123 Å². The predicted molar refractivity (Wildman–Crippen MR) is 88.6 cm³/mol. The van der Waals surface area contributed by atoms with Crippen LogP contribution in [-0.4, -0.2) is 0 Å². The summed E-state index contributed by atoms with van der Waals surface area (Å²) < 4.78 is 0. The third-order valence-electron chi connectivity index (χ3n) is 4.62. The second-order valence-corrected chi connectivity index (χ2v) is 5.92. The van der Waals surface area contributed by atoms with Crippen molar-refractivity contribution in [2.45, 2.75) is 53.4 Å². The van der Waals surface area contributed by atoms with E-state index in [-0.39, 0.29) is 0 Å². The molecule has 0 aliphatic carbocycles. The van der Waals surface area contributed by atoms with Crippen LogP contribution in [0.5, 0.6) is 0 Å². The third-order valence-corrected chi connectivity index (χ3v) is 4.62. The summed E-state index contributed by atoms with van der Waals surface area (Å²) in [4.78, 5) is 0. The van der Waals surface area contributed by atoms with Crippen LogP contribution < -0.4 is 0 Å². The lowest BCUT2D eigenvalue weighted by Gasteiger charge is -2.23. The fraction of sp³-hybridized carbons (Fsp3) is 0.400. The lowest BCUT2D eigenvalue weighted by atomic mass is 9.81. The van der Waals surface area contributed by atoms with Gasteiger partial charge in [0.2, 0.25) is 0 Å².